The zero-order valence-electron chi connectivity index (χ0n) is 14.4. The van der Waals surface area contributed by atoms with E-state index in [0.717, 1.165) is 17.0 Å². The van der Waals surface area contributed by atoms with Crippen LogP contribution in [0.3, 0.4) is 0 Å². The molecule has 0 radical (unpaired) electrons. The fourth-order valence-corrected chi connectivity index (χ4v) is 3.16. The molecule has 1 aliphatic heterocycles. The molecule has 8 heteroatoms. The molecule has 25 heavy (non-hydrogen) atoms. The molecular formula is C17H20BrFN4O2. The molecule has 1 aromatic heterocycles. The quantitative estimate of drug-likeness (QED) is 0.759. The van der Waals surface area contributed by atoms with Crippen LogP contribution in [0.15, 0.2) is 22.7 Å². The number of carbonyl (C=O) groups is 1. The van der Waals surface area contributed by atoms with Gasteiger partial charge in [0.15, 0.2) is 0 Å². The van der Waals surface area contributed by atoms with Crippen molar-refractivity contribution in [1.82, 2.24) is 19.9 Å². The first kappa shape index (κ1) is 17.8. The molecule has 0 unspecified atom stereocenters. The topological polar surface area (TPSA) is 60.2 Å². The summed E-state index contributed by atoms with van der Waals surface area (Å²) < 4.78 is 21.1. The fraction of sp³-hybridized carbons (Fsp3) is 0.471. The summed E-state index contributed by atoms with van der Waals surface area (Å²) in [5.41, 5.74) is 2.17. The lowest BCUT2D eigenvalue weighted by Crippen LogP contribution is -2.40. The summed E-state index contributed by atoms with van der Waals surface area (Å²) >= 11 is 3.37. The summed E-state index contributed by atoms with van der Waals surface area (Å²) in [5.74, 6) is -0.288. The second-order valence-electron chi connectivity index (χ2n) is 7.03. The molecule has 0 spiro atoms. The van der Waals surface area contributed by atoms with Crippen LogP contribution >= 0.6 is 15.9 Å². The van der Waals surface area contributed by atoms with Gasteiger partial charge in [0.25, 0.3) is 0 Å². The van der Waals surface area contributed by atoms with Crippen LogP contribution in [0.2, 0.25) is 0 Å². The predicted molar refractivity (Wildman–Crippen MR) is 93.6 cm³/mol. The Hall–Kier alpha value is -1.96. The SMILES string of the molecule is CC(C)(C)OC(=O)N1CCc2c(nnn2Cc2ccc(F)cc2Br)C1. The van der Waals surface area contributed by atoms with Gasteiger partial charge in [-0.1, -0.05) is 27.2 Å². The van der Waals surface area contributed by atoms with E-state index in [0.29, 0.717) is 30.5 Å². The number of ether oxygens (including phenoxy) is 1. The average Bonchev–Trinajstić information content (AvgIpc) is 2.90. The first-order chi connectivity index (χ1) is 11.7. The molecule has 1 aromatic carbocycles. The van der Waals surface area contributed by atoms with E-state index in [2.05, 4.69) is 26.2 Å². The minimum absolute atomic E-state index is 0.288. The number of benzene rings is 1. The van der Waals surface area contributed by atoms with Crippen LogP contribution in [0.1, 0.15) is 37.7 Å². The van der Waals surface area contributed by atoms with Crippen molar-refractivity contribution in [3.05, 3.63) is 45.4 Å². The fourth-order valence-electron chi connectivity index (χ4n) is 2.69. The van der Waals surface area contributed by atoms with Gasteiger partial charge in [0.1, 0.15) is 17.1 Å². The number of amides is 1. The molecule has 1 aliphatic rings. The van der Waals surface area contributed by atoms with Crippen molar-refractivity contribution in [3.63, 3.8) is 0 Å². The highest BCUT2D eigenvalue weighted by Crippen LogP contribution is 2.23. The van der Waals surface area contributed by atoms with Crippen molar-refractivity contribution in [2.45, 2.75) is 45.9 Å². The molecule has 3 rings (SSSR count). The van der Waals surface area contributed by atoms with Crippen LogP contribution in [0.4, 0.5) is 9.18 Å². The van der Waals surface area contributed by atoms with E-state index in [1.807, 2.05) is 20.8 Å². The number of hydrogen-bond donors (Lipinski definition) is 0. The molecule has 1 amide bonds. The molecule has 0 bridgehead atoms. The summed E-state index contributed by atoms with van der Waals surface area (Å²) in [6.45, 7) is 6.97. The van der Waals surface area contributed by atoms with E-state index in [1.54, 1.807) is 15.6 Å². The van der Waals surface area contributed by atoms with Gasteiger partial charge in [0.2, 0.25) is 0 Å². The first-order valence-corrected chi connectivity index (χ1v) is 8.85. The zero-order chi connectivity index (χ0) is 18.2. The van der Waals surface area contributed by atoms with Crippen LogP contribution in [-0.4, -0.2) is 38.1 Å². The average molecular weight is 411 g/mol. The molecule has 0 saturated heterocycles. The Morgan fingerprint density at radius 1 is 1.40 bits per heavy atom. The Balaban J connectivity index is 1.73. The van der Waals surface area contributed by atoms with Crippen molar-refractivity contribution >= 4 is 22.0 Å². The number of nitrogens with zero attached hydrogens (tertiary/aromatic N) is 4. The van der Waals surface area contributed by atoms with Crippen molar-refractivity contribution < 1.29 is 13.9 Å². The molecule has 0 saturated carbocycles. The maximum Gasteiger partial charge on any atom is 0.410 e. The number of rotatable bonds is 2. The highest BCUT2D eigenvalue weighted by Gasteiger charge is 2.28. The highest BCUT2D eigenvalue weighted by molar-refractivity contribution is 9.10. The van der Waals surface area contributed by atoms with Crippen LogP contribution < -0.4 is 0 Å². The van der Waals surface area contributed by atoms with E-state index in [4.69, 9.17) is 4.74 Å². The van der Waals surface area contributed by atoms with Crippen LogP contribution in [0.25, 0.3) is 0 Å². The smallest absolute Gasteiger partial charge is 0.410 e. The summed E-state index contributed by atoms with van der Waals surface area (Å²) in [7, 11) is 0. The van der Waals surface area contributed by atoms with E-state index in [9.17, 15) is 9.18 Å². The third-order valence-electron chi connectivity index (χ3n) is 3.86. The third kappa shape index (κ3) is 4.18. The molecule has 6 nitrogen and oxygen atoms in total. The molecule has 2 aromatic rings. The number of carbonyl (C=O) groups excluding carboxylic acids is 1. The largest absolute Gasteiger partial charge is 0.444 e. The lowest BCUT2D eigenvalue weighted by molar-refractivity contribution is 0.0220. The van der Waals surface area contributed by atoms with Crippen molar-refractivity contribution in [3.8, 4) is 0 Å². The zero-order valence-corrected chi connectivity index (χ0v) is 16.0. The van der Waals surface area contributed by atoms with Crippen LogP contribution in [0, 0.1) is 5.82 Å². The van der Waals surface area contributed by atoms with Gasteiger partial charge in [-0.05, 0) is 38.5 Å². The lowest BCUT2D eigenvalue weighted by Gasteiger charge is -2.29. The minimum Gasteiger partial charge on any atom is -0.444 e. The maximum atomic E-state index is 13.2. The molecule has 2 heterocycles. The van der Waals surface area contributed by atoms with Gasteiger partial charge < -0.3 is 9.64 Å². The van der Waals surface area contributed by atoms with Gasteiger partial charge in [0, 0.05) is 17.4 Å². The molecule has 0 N–H and O–H groups in total. The predicted octanol–water partition coefficient (Wildman–Crippen LogP) is 3.52. The third-order valence-corrected chi connectivity index (χ3v) is 4.60. The lowest BCUT2D eigenvalue weighted by atomic mass is 10.1. The molecule has 134 valence electrons. The van der Waals surface area contributed by atoms with Gasteiger partial charge in [-0.2, -0.15) is 0 Å². The summed E-state index contributed by atoms with van der Waals surface area (Å²) in [6, 6.07) is 4.58. The minimum atomic E-state index is -0.524. The number of halogens is 2. The summed E-state index contributed by atoms with van der Waals surface area (Å²) in [4.78, 5) is 13.8. The molecule has 0 fully saturated rings. The van der Waals surface area contributed by atoms with Gasteiger partial charge in [-0.15, -0.1) is 5.10 Å². The van der Waals surface area contributed by atoms with E-state index < -0.39 is 5.60 Å². The Morgan fingerprint density at radius 2 is 2.16 bits per heavy atom. The monoisotopic (exact) mass is 410 g/mol. The van der Waals surface area contributed by atoms with Crippen molar-refractivity contribution in [1.29, 1.82) is 0 Å². The summed E-state index contributed by atoms with van der Waals surface area (Å²) in [5, 5.41) is 8.40. The van der Waals surface area contributed by atoms with Crippen molar-refractivity contribution in [2.24, 2.45) is 0 Å². The van der Waals surface area contributed by atoms with E-state index in [-0.39, 0.29) is 11.9 Å². The number of hydrogen-bond acceptors (Lipinski definition) is 4. The number of fused-ring (bicyclic) bond motifs is 1. The van der Waals surface area contributed by atoms with Gasteiger partial charge in [-0.25, -0.2) is 13.9 Å². The van der Waals surface area contributed by atoms with E-state index >= 15 is 0 Å². The normalized spacial score (nSPS) is 14.4. The van der Waals surface area contributed by atoms with Gasteiger partial charge >= 0.3 is 6.09 Å². The highest BCUT2D eigenvalue weighted by atomic mass is 79.9. The van der Waals surface area contributed by atoms with Crippen LogP contribution in [0.5, 0.6) is 0 Å². The Kier molecular flexibility index (Phi) is 4.81. The first-order valence-electron chi connectivity index (χ1n) is 8.06. The molecule has 0 atom stereocenters. The second kappa shape index (κ2) is 6.74. The Morgan fingerprint density at radius 3 is 2.84 bits per heavy atom. The van der Waals surface area contributed by atoms with Gasteiger partial charge in [-0.3, -0.25) is 0 Å². The summed E-state index contributed by atoms with van der Waals surface area (Å²) in [6.07, 6.45) is 0.314. The van der Waals surface area contributed by atoms with Gasteiger partial charge in [0.05, 0.1) is 18.8 Å². The maximum absolute atomic E-state index is 13.2. The number of aromatic nitrogens is 3. The standard InChI is InChI=1S/C17H20BrFN4O2/c1-17(2,3)25-16(24)22-7-6-15-14(10-22)20-21-23(15)9-11-4-5-12(19)8-13(11)18/h4-5,8H,6-7,9-10H2,1-3H3. The second-order valence-corrected chi connectivity index (χ2v) is 7.88. The Labute approximate surface area is 154 Å². The molecular weight excluding hydrogens is 391 g/mol. The molecule has 0 aliphatic carbocycles. The van der Waals surface area contributed by atoms with Crippen LogP contribution in [-0.2, 0) is 24.2 Å². The Bertz CT molecular complexity index is 800. The van der Waals surface area contributed by atoms with Crippen molar-refractivity contribution in [2.75, 3.05) is 6.54 Å². The van der Waals surface area contributed by atoms with E-state index in [1.165, 1.54) is 12.1 Å².